The van der Waals surface area contributed by atoms with Crippen LogP contribution in [-0.4, -0.2) is 78.6 Å². The molecule has 0 saturated carbocycles. The maximum atomic E-state index is 12.5. The van der Waals surface area contributed by atoms with Gasteiger partial charge in [0, 0.05) is 32.7 Å². The number of hydrogen-bond acceptors (Lipinski definition) is 3. The molecule has 0 aromatic heterocycles. The van der Waals surface area contributed by atoms with E-state index in [4.69, 9.17) is 0 Å². The minimum atomic E-state index is -0.803. The maximum Gasteiger partial charge on any atom is 0.320 e. The van der Waals surface area contributed by atoms with Crippen molar-refractivity contribution < 1.29 is 14.7 Å². The summed E-state index contributed by atoms with van der Waals surface area (Å²) < 4.78 is 0. The average molecular weight is 297 g/mol. The number of amides is 2. The molecule has 2 heterocycles. The number of aliphatic carboxylic acids is 1. The molecular formula is C15H27N3O3. The normalized spacial score (nSPS) is 27.4. The van der Waals surface area contributed by atoms with Gasteiger partial charge in [-0.1, -0.05) is 0 Å². The molecule has 21 heavy (non-hydrogen) atoms. The van der Waals surface area contributed by atoms with Crippen LogP contribution in [0.1, 0.15) is 26.2 Å². The van der Waals surface area contributed by atoms with E-state index in [0.29, 0.717) is 25.4 Å². The Bertz CT molecular complexity index is 405. The summed E-state index contributed by atoms with van der Waals surface area (Å²) in [5, 5.41) is 9.24. The minimum Gasteiger partial charge on any atom is -0.481 e. The van der Waals surface area contributed by atoms with Crippen molar-refractivity contribution >= 4 is 12.0 Å². The lowest BCUT2D eigenvalue weighted by molar-refractivity contribution is -0.147. The van der Waals surface area contributed by atoms with Crippen LogP contribution >= 0.6 is 0 Å². The van der Waals surface area contributed by atoms with Gasteiger partial charge in [0.25, 0.3) is 0 Å². The van der Waals surface area contributed by atoms with Crippen molar-refractivity contribution in [2.45, 2.75) is 26.2 Å². The lowest BCUT2D eigenvalue weighted by Crippen LogP contribution is -2.47. The van der Waals surface area contributed by atoms with Crippen molar-refractivity contribution in [1.29, 1.82) is 0 Å². The Kier molecular flexibility index (Phi) is 4.76. The summed E-state index contributed by atoms with van der Waals surface area (Å²) in [6.07, 6.45) is 2.62. The third-order valence-electron chi connectivity index (χ3n) is 4.77. The first-order chi connectivity index (χ1) is 9.82. The van der Waals surface area contributed by atoms with Crippen molar-refractivity contribution in [2.75, 3.05) is 46.8 Å². The molecule has 2 fully saturated rings. The molecule has 1 atom stereocenters. The van der Waals surface area contributed by atoms with Gasteiger partial charge in [0.1, 0.15) is 0 Å². The molecule has 1 unspecified atom stereocenters. The van der Waals surface area contributed by atoms with E-state index in [1.165, 1.54) is 0 Å². The highest BCUT2D eigenvalue weighted by atomic mass is 16.4. The Labute approximate surface area is 126 Å². The molecule has 0 aromatic carbocycles. The number of carboxylic acids is 1. The van der Waals surface area contributed by atoms with Crippen molar-refractivity contribution in [2.24, 2.45) is 11.3 Å². The molecule has 0 spiro atoms. The molecule has 120 valence electrons. The van der Waals surface area contributed by atoms with E-state index >= 15 is 0 Å². The van der Waals surface area contributed by atoms with Crippen LogP contribution in [0.5, 0.6) is 0 Å². The van der Waals surface area contributed by atoms with Crippen molar-refractivity contribution in [1.82, 2.24) is 14.7 Å². The first kappa shape index (κ1) is 16.1. The van der Waals surface area contributed by atoms with Crippen LogP contribution in [0.25, 0.3) is 0 Å². The third kappa shape index (κ3) is 3.67. The van der Waals surface area contributed by atoms with Gasteiger partial charge in [-0.15, -0.1) is 0 Å². The summed E-state index contributed by atoms with van der Waals surface area (Å²) in [4.78, 5) is 29.5. The van der Waals surface area contributed by atoms with Gasteiger partial charge in [-0.25, -0.2) is 4.79 Å². The summed E-state index contributed by atoms with van der Waals surface area (Å²) >= 11 is 0. The number of rotatable bonds is 3. The molecule has 6 heteroatoms. The highest BCUT2D eigenvalue weighted by Gasteiger charge is 2.43. The Morgan fingerprint density at radius 1 is 1.19 bits per heavy atom. The highest BCUT2D eigenvalue weighted by Crippen LogP contribution is 2.31. The van der Waals surface area contributed by atoms with Gasteiger partial charge in [0.15, 0.2) is 0 Å². The van der Waals surface area contributed by atoms with Crippen LogP contribution in [0, 0.1) is 11.3 Å². The zero-order valence-electron chi connectivity index (χ0n) is 13.3. The van der Waals surface area contributed by atoms with E-state index < -0.39 is 11.4 Å². The van der Waals surface area contributed by atoms with Gasteiger partial charge in [0.05, 0.1) is 5.41 Å². The van der Waals surface area contributed by atoms with Crippen LogP contribution in [0.15, 0.2) is 0 Å². The number of carboxylic acid groups (broad SMARTS) is 1. The van der Waals surface area contributed by atoms with Crippen molar-refractivity contribution in [3.05, 3.63) is 0 Å². The first-order valence-corrected chi connectivity index (χ1v) is 7.74. The fourth-order valence-electron chi connectivity index (χ4n) is 3.32. The van der Waals surface area contributed by atoms with E-state index in [1.807, 2.05) is 4.90 Å². The number of urea groups is 1. The number of carbonyl (C=O) groups excluding carboxylic acids is 1. The van der Waals surface area contributed by atoms with Gasteiger partial charge in [-0.3, -0.25) is 4.79 Å². The van der Waals surface area contributed by atoms with Crippen LogP contribution in [0.3, 0.4) is 0 Å². The number of carbonyl (C=O) groups is 2. The smallest absolute Gasteiger partial charge is 0.320 e. The molecule has 0 aliphatic carbocycles. The molecule has 1 N–H and O–H groups in total. The monoisotopic (exact) mass is 297 g/mol. The molecule has 2 aliphatic rings. The lowest BCUT2D eigenvalue weighted by atomic mass is 9.90. The first-order valence-electron chi connectivity index (χ1n) is 7.74. The molecule has 0 bridgehead atoms. The SMILES string of the molecule is CN(C)CC1CCN(C(=O)N2CCC(C)(C(=O)O)C2)CC1. The predicted molar refractivity (Wildman–Crippen MR) is 80.2 cm³/mol. The van der Waals surface area contributed by atoms with Gasteiger partial charge >= 0.3 is 12.0 Å². The second-order valence-electron chi connectivity index (χ2n) is 7.01. The predicted octanol–water partition coefficient (Wildman–Crippen LogP) is 1.18. The zero-order valence-corrected chi connectivity index (χ0v) is 13.3. The van der Waals surface area contributed by atoms with E-state index in [0.717, 1.165) is 32.5 Å². The molecule has 2 amide bonds. The van der Waals surface area contributed by atoms with Crippen molar-refractivity contribution in [3.8, 4) is 0 Å². The zero-order chi connectivity index (χ0) is 15.6. The second kappa shape index (κ2) is 6.22. The van der Waals surface area contributed by atoms with E-state index in [1.54, 1.807) is 11.8 Å². The number of hydrogen-bond donors (Lipinski definition) is 1. The van der Waals surface area contributed by atoms with E-state index in [9.17, 15) is 14.7 Å². The van der Waals surface area contributed by atoms with Crippen LogP contribution in [0.4, 0.5) is 4.79 Å². The summed E-state index contributed by atoms with van der Waals surface area (Å²) in [5.41, 5.74) is -0.779. The average Bonchev–Trinajstić information content (AvgIpc) is 2.82. The number of piperidine rings is 1. The number of likely N-dealkylation sites (tertiary alicyclic amines) is 2. The number of nitrogens with zero attached hydrogens (tertiary/aromatic N) is 3. The van der Waals surface area contributed by atoms with E-state index in [-0.39, 0.29) is 6.03 Å². The summed E-state index contributed by atoms with van der Waals surface area (Å²) in [5.74, 6) is -0.144. The summed E-state index contributed by atoms with van der Waals surface area (Å²) in [6, 6.07) is 0.0169. The standard InChI is InChI=1S/C15H27N3O3/c1-15(13(19)20)6-9-18(11-15)14(21)17-7-4-12(5-8-17)10-16(2)3/h12H,4-11H2,1-3H3,(H,19,20). The van der Waals surface area contributed by atoms with E-state index in [2.05, 4.69) is 19.0 Å². The van der Waals surface area contributed by atoms with Crippen LogP contribution in [-0.2, 0) is 4.79 Å². The summed E-state index contributed by atoms with van der Waals surface area (Å²) in [6.45, 7) is 5.27. The maximum absolute atomic E-state index is 12.5. The Balaban J connectivity index is 1.84. The Morgan fingerprint density at radius 3 is 2.29 bits per heavy atom. The fraction of sp³-hybridized carbons (Fsp3) is 0.867. The molecule has 6 nitrogen and oxygen atoms in total. The fourth-order valence-corrected chi connectivity index (χ4v) is 3.32. The molecule has 2 aliphatic heterocycles. The van der Waals surface area contributed by atoms with Crippen LogP contribution in [0.2, 0.25) is 0 Å². The summed E-state index contributed by atoms with van der Waals surface area (Å²) in [7, 11) is 4.16. The van der Waals surface area contributed by atoms with Gasteiger partial charge in [-0.05, 0) is 46.2 Å². The van der Waals surface area contributed by atoms with Gasteiger partial charge in [0.2, 0.25) is 0 Å². The van der Waals surface area contributed by atoms with Crippen LogP contribution < -0.4 is 0 Å². The van der Waals surface area contributed by atoms with Gasteiger partial charge < -0.3 is 19.8 Å². The molecule has 0 radical (unpaired) electrons. The molecule has 2 rings (SSSR count). The highest BCUT2D eigenvalue weighted by molar-refractivity contribution is 5.79. The Hall–Kier alpha value is -1.30. The van der Waals surface area contributed by atoms with Crippen molar-refractivity contribution in [3.63, 3.8) is 0 Å². The Morgan fingerprint density at radius 2 is 1.81 bits per heavy atom. The lowest BCUT2D eigenvalue weighted by Gasteiger charge is -2.35. The molecule has 2 saturated heterocycles. The van der Waals surface area contributed by atoms with Gasteiger partial charge in [-0.2, -0.15) is 0 Å². The topological polar surface area (TPSA) is 64.1 Å². The third-order valence-corrected chi connectivity index (χ3v) is 4.77. The molecular weight excluding hydrogens is 270 g/mol. The second-order valence-corrected chi connectivity index (χ2v) is 7.01. The minimum absolute atomic E-state index is 0.0169. The molecule has 0 aromatic rings. The quantitative estimate of drug-likeness (QED) is 0.849. The largest absolute Gasteiger partial charge is 0.481 e.